The molecular formula is C15H21N3O3. The van der Waals surface area contributed by atoms with Crippen LogP contribution < -0.4 is 15.8 Å². The summed E-state index contributed by atoms with van der Waals surface area (Å²) in [5, 5.41) is 15.0. The Morgan fingerprint density at radius 2 is 2.00 bits per heavy atom. The van der Waals surface area contributed by atoms with E-state index in [0.29, 0.717) is 24.3 Å². The molecule has 114 valence electrons. The van der Waals surface area contributed by atoms with Gasteiger partial charge in [0, 0.05) is 0 Å². The second-order valence-electron chi connectivity index (χ2n) is 5.28. The first-order valence-electron chi connectivity index (χ1n) is 7.06. The zero-order chi connectivity index (χ0) is 15.3. The highest BCUT2D eigenvalue weighted by Gasteiger charge is 2.44. The van der Waals surface area contributed by atoms with Crippen molar-refractivity contribution in [1.82, 2.24) is 0 Å². The lowest BCUT2D eigenvalue weighted by Crippen LogP contribution is -2.48. The molecule has 0 radical (unpaired) electrons. The normalized spacial score (nSPS) is 18.0. The van der Waals surface area contributed by atoms with Crippen molar-refractivity contribution >= 4 is 17.4 Å². The van der Waals surface area contributed by atoms with Crippen LogP contribution >= 0.6 is 0 Å². The molecule has 21 heavy (non-hydrogen) atoms. The molecule has 0 heterocycles. The first-order chi connectivity index (χ1) is 10.1. The van der Waals surface area contributed by atoms with Crippen molar-refractivity contribution in [2.75, 3.05) is 12.4 Å². The number of para-hydroxylation sites is 2. The standard InChI is InChI=1S/C15H21N3O3/c1-21-12-8-4-3-7-11(12)17-14(19)15(13(16)18-20)9-5-2-6-10-15/h3-4,7-8,20H,2,5-6,9-10H2,1H3,(H2,16,18)(H,17,19). The van der Waals surface area contributed by atoms with E-state index in [0.717, 1.165) is 19.3 Å². The second-order valence-corrected chi connectivity index (χ2v) is 5.28. The maximum absolute atomic E-state index is 12.7. The van der Waals surface area contributed by atoms with E-state index in [9.17, 15) is 4.79 Å². The molecule has 0 saturated heterocycles. The number of nitrogens with zero attached hydrogens (tertiary/aromatic N) is 1. The van der Waals surface area contributed by atoms with Gasteiger partial charge in [-0.25, -0.2) is 0 Å². The van der Waals surface area contributed by atoms with Crippen LogP contribution in [0.4, 0.5) is 5.69 Å². The molecule has 4 N–H and O–H groups in total. The lowest BCUT2D eigenvalue weighted by Gasteiger charge is -2.34. The molecule has 1 amide bonds. The number of ether oxygens (including phenoxy) is 1. The summed E-state index contributed by atoms with van der Waals surface area (Å²) in [6.45, 7) is 0. The highest BCUT2D eigenvalue weighted by atomic mass is 16.5. The molecule has 1 aromatic carbocycles. The summed E-state index contributed by atoms with van der Waals surface area (Å²) >= 11 is 0. The van der Waals surface area contributed by atoms with Crippen LogP contribution in [-0.4, -0.2) is 24.1 Å². The van der Waals surface area contributed by atoms with E-state index in [-0.39, 0.29) is 11.7 Å². The molecule has 0 bridgehead atoms. The Morgan fingerprint density at radius 1 is 1.33 bits per heavy atom. The van der Waals surface area contributed by atoms with E-state index in [1.165, 1.54) is 0 Å². The average Bonchev–Trinajstić information content (AvgIpc) is 2.55. The molecule has 6 nitrogen and oxygen atoms in total. The highest BCUT2D eigenvalue weighted by Crippen LogP contribution is 2.38. The van der Waals surface area contributed by atoms with Gasteiger partial charge in [0.1, 0.15) is 11.2 Å². The van der Waals surface area contributed by atoms with Gasteiger partial charge in [-0.1, -0.05) is 36.6 Å². The Bertz CT molecular complexity index is 537. The number of rotatable bonds is 4. The molecule has 0 atom stereocenters. The van der Waals surface area contributed by atoms with Crippen LogP contribution in [0.1, 0.15) is 32.1 Å². The van der Waals surface area contributed by atoms with Crippen LogP contribution in [0.2, 0.25) is 0 Å². The minimum atomic E-state index is -0.937. The van der Waals surface area contributed by atoms with Gasteiger partial charge in [-0.05, 0) is 25.0 Å². The van der Waals surface area contributed by atoms with Gasteiger partial charge in [0.05, 0.1) is 12.8 Å². The van der Waals surface area contributed by atoms with Gasteiger partial charge in [-0.3, -0.25) is 4.79 Å². The molecule has 1 saturated carbocycles. The fourth-order valence-corrected chi connectivity index (χ4v) is 2.84. The van der Waals surface area contributed by atoms with Gasteiger partial charge in [-0.2, -0.15) is 0 Å². The second kappa shape index (κ2) is 6.47. The summed E-state index contributed by atoms with van der Waals surface area (Å²) < 4.78 is 5.23. The summed E-state index contributed by atoms with van der Waals surface area (Å²) in [7, 11) is 1.55. The molecule has 1 aliphatic rings. The number of carbonyl (C=O) groups excluding carboxylic acids is 1. The number of methoxy groups -OCH3 is 1. The van der Waals surface area contributed by atoms with E-state index < -0.39 is 5.41 Å². The molecule has 1 aliphatic carbocycles. The Balaban J connectivity index is 2.27. The van der Waals surface area contributed by atoms with E-state index in [4.69, 9.17) is 15.7 Å². The topological polar surface area (TPSA) is 96.9 Å². The molecule has 1 aromatic rings. The van der Waals surface area contributed by atoms with Gasteiger partial charge < -0.3 is 21.0 Å². The maximum Gasteiger partial charge on any atom is 0.238 e. The first-order valence-corrected chi connectivity index (χ1v) is 7.06. The highest BCUT2D eigenvalue weighted by molar-refractivity contribution is 6.12. The van der Waals surface area contributed by atoms with Gasteiger partial charge in [0.2, 0.25) is 5.91 Å². The first kappa shape index (κ1) is 15.2. The molecule has 0 aromatic heterocycles. The van der Waals surface area contributed by atoms with Crippen molar-refractivity contribution in [3.63, 3.8) is 0 Å². The quantitative estimate of drug-likeness (QED) is 0.343. The average molecular weight is 291 g/mol. The summed E-state index contributed by atoms with van der Waals surface area (Å²) in [6, 6.07) is 7.18. The summed E-state index contributed by atoms with van der Waals surface area (Å²) in [6.07, 6.45) is 4.00. The Morgan fingerprint density at radius 3 is 2.62 bits per heavy atom. The minimum Gasteiger partial charge on any atom is -0.495 e. The predicted molar refractivity (Wildman–Crippen MR) is 80.6 cm³/mol. The third-order valence-electron chi connectivity index (χ3n) is 4.09. The maximum atomic E-state index is 12.7. The number of hydrogen-bond donors (Lipinski definition) is 3. The summed E-state index contributed by atoms with van der Waals surface area (Å²) in [5.74, 6) is 0.313. The molecular weight excluding hydrogens is 270 g/mol. The van der Waals surface area contributed by atoms with Crippen molar-refractivity contribution in [1.29, 1.82) is 0 Å². The number of hydrogen-bond acceptors (Lipinski definition) is 4. The van der Waals surface area contributed by atoms with Crippen molar-refractivity contribution in [2.24, 2.45) is 16.3 Å². The molecule has 0 aliphatic heterocycles. The fraction of sp³-hybridized carbons (Fsp3) is 0.467. The number of anilines is 1. The fourth-order valence-electron chi connectivity index (χ4n) is 2.84. The van der Waals surface area contributed by atoms with E-state index in [1.54, 1.807) is 19.2 Å². The Hall–Kier alpha value is -2.24. The van der Waals surface area contributed by atoms with E-state index in [2.05, 4.69) is 10.5 Å². The molecule has 1 fully saturated rings. The smallest absolute Gasteiger partial charge is 0.238 e. The number of nitrogens with two attached hydrogens (primary N) is 1. The zero-order valence-corrected chi connectivity index (χ0v) is 12.1. The molecule has 0 unspecified atom stereocenters. The van der Waals surface area contributed by atoms with Gasteiger partial charge in [0.15, 0.2) is 5.84 Å². The van der Waals surface area contributed by atoms with Crippen LogP contribution in [0.25, 0.3) is 0 Å². The summed E-state index contributed by atoms with van der Waals surface area (Å²) in [5.41, 5.74) is 5.46. The number of benzene rings is 1. The number of amides is 1. The van der Waals surface area contributed by atoms with Gasteiger partial charge in [-0.15, -0.1) is 0 Å². The largest absolute Gasteiger partial charge is 0.495 e. The zero-order valence-electron chi connectivity index (χ0n) is 12.1. The monoisotopic (exact) mass is 291 g/mol. The number of carbonyl (C=O) groups is 1. The van der Waals surface area contributed by atoms with E-state index >= 15 is 0 Å². The Labute approximate surface area is 124 Å². The van der Waals surface area contributed by atoms with Crippen LogP contribution in [0.15, 0.2) is 29.4 Å². The van der Waals surface area contributed by atoms with E-state index in [1.807, 2.05) is 12.1 Å². The minimum absolute atomic E-state index is 0.0189. The number of nitrogens with one attached hydrogen (secondary N) is 1. The summed E-state index contributed by atoms with van der Waals surface area (Å²) in [4.78, 5) is 12.7. The molecule has 2 rings (SSSR count). The van der Waals surface area contributed by atoms with Crippen molar-refractivity contribution < 1.29 is 14.7 Å². The van der Waals surface area contributed by atoms with Crippen LogP contribution in [0.5, 0.6) is 5.75 Å². The third kappa shape index (κ3) is 2.94. The SMILES string of the molecule is COc1ccccc1NC(=O)C1(C(N)=NO)CCCCC1. The van der Waals surface area contributed by atoms with Crippen LogP contribution in [-0.2, 0) is 4.79 Å². The van der Waals surface area contributed by atoms with Crippen molar-refractivity contribution in [2.45, 2.75) is 32.1 Å². The van der Waals surface area contributed by atoms with Crippen LogP contribution in [0.3, 0.4) is 0 Å². The lowest BCUT2D eigenvalue weighted by atomic mass is 9.72. The van der Waals surface area contributed by atoms with Gasteiger partial charge >= 0.3 is 0 Å². The molecule has 0 spiro atoms. The Kier molecular flexibility index (Phi) is 4.67. The van der Waals surface area contributed by atoms with Crippen molar-refractivity contribution in [3.05, 3.63) is 24.3 Å². The number of amidine groups is 1. The van der Waals surface area contributed by atoms with Crippen molar-refractivity contribution in [3.8, 4) is 5.75 Å². The number of oxime groups is 1. The molecule has 6 heteroatoms. The van der Waals surface area contributed by atoms with Crippen LogP contribution in [0, 0.1) is 5.41 Å². The lowest BCUT2D eigenvalue weighted by molar-refractivity contribution is -0.123. The third-order valence-corrected chi connectivity index (χ3v) is 4.09. The van der Waals surface area contributed by atoms with Gasteiger partial charge in [0.25, 0.3) is 0 Å². The predicted octanol–water partition coefficient (Wildman–Crippen LogP) is 2.33.